The first-order valence-electron chi connectivity index (χ1n) is 18.3. The lowest BCUT2D eigenvalue weighted by atomic mass is 9.85. The summed E-state index contributed by atoms with van der Waals surface area (Å²) in [6, 6.07) is 73.5. The Morgan fingerprint density at radius 2 is 0.811 bits per heavy atom. The number of hydrogen-bond donors (Lipinski definition) is 0. The second-order valence-corrected chi connectivity index (χ2v) is 14.1. The Morgan fingerprint density at radius 3 is 1.51 bits per heavy atom. The van der Waals surface area contributed by atoms with Gasteiger partial charge in [-0.2, -0.15) is 0 Å². The molecular weight excluding hydrogens is 639 g/mol. The third-order valence-electron chi connectivity index (χ3n) is 11.1. The van der Waals surface area contributed by atoms with Crippen molar-refractivity contribution in [2.75, 3.05) is 0 Å². The summed E-state index contributed by atoms with van der Waals surface area (Å²) in [6.07, 6.45) is 0. The lowest BCUT2D eigenvalue weighted by molar-refractivity contribution is 1.18. The van der Waals surface area contributed by atoms with Gasteiger partial charge >= 0.3 is 0 Å². The molecule has 1 heterocycles. The van der Waals surface area contributed by atoms with E-state index in [2.05, 4.69) is 205 Å². The summed E-state index contributed by atoms with van der Waals surface area (Å²) in [5, 5.41) is 12.7. The summed E-state index contributed by atoms with van der Waals surface area (Å²) in [5.41, 5.74) is 11.0. The summed E-state index contributed by atoms with van der Waals surface area (Å²) in [4.78, 5) is 0. The zero-order chi connectivity index (χ0) is 34.9. The second-order valence-electron chi connectivity index (χ2n) is 14.1. The molecule has 0 aliphatic rings. The highest BCUT2D eigenvalue weighted by atomic mass is 15.0. The molecule has 10 aromatic carbocycles. The van der Waals surface area contributed by atoms with Gasteiger partial charge < -0.3 is 4.57 Å². The third kappa shape index (κ3) is 4.64. The summed E-state index contributed by atoms with van der Waals surface area (Å²) >= 11 is 0. The minimum Gasteiger partial charge on any atom is -0.309 e. The van der Waals surface area contributed by atoms with E-state index in [1.807, 2.05) is 0 Å². The molecular formula is C52H33N. The quantitative estimate of drug-likeness (QED) is 0.164. The van der Waals surface area contributed by atoms with E-state index in [9.17, 15) is 0 Å². The van der Waals surface area contributed by atoms with Gasteiger partial charge in [0, 0.05) is 16.5 Å². The molecule has 246 valence electrons. The maximum absolute atomic E-state index is 2.43. The van der Waals surface area contributed by atoms with Crippen LogP contribution in [0, 0.1) is 0 Å². The first kappa shape index (κ1) is 29.7. The minimum absolute atomic E-state index is 1.16. The van der Waals surface area contributed by atoms with Crippen molar-refractivity contribution in [2.24, 2.45) is 0 Å². The Bertz CT molecular complexity index is 3190. The number of aromatic nitrogens is 1. The molecule has 0 aliphatic heterocycles. The summed E-state index contributed by atoms with van der Waals surface area (Å²) < 4.78 is 2.43. The fourth-order valence-corrected chi connectivity index (χ4v) is 8.75. The number of fused-ring (bicyclic) bond motifs is 8. The Hall–Kier alpha value is -6.96. The number of para-hydroxylation sites is 1. The Balaban J connectivity index is 1.10. The van der Waals surface area contributed by atoms with Crippen LogP contribution in [0.4, 0.5) is 0 Å². The molecule has 1 nitrogen and oxygen atoms in total. The van der Waals surface area contributed by atoms with Crippen molar-refractivity contribution in [3.63, 3.8) is 0 Å². The van der Waals surface area contributed by atoms with Crippen molar-refractivity contribution in [1.82, 2.24) is 4.57 Å². The minimum atomic E-state index is 1.16. The van der Waals surface area contributed by atoms with Gasteiger partial charge in [-0.05, 0) is 119 Å². The lowest BCUT2D eigenvalue weighted by Gasteiger charge is -2.19. The first-order valence-corrected chi connectivity index (χ1v) is 18.3. The topological polar surface area (TPSA) is 4.93 Å². The SMILES string of the molecule is c1ccc(-c2c3ccccc3c(-c3ccccc3)c3cc(-c4ccc(-n5c6ccccc6c6c7cc8ccccc8cc7ccc65)cc4)ccc23)cc1. The average Bonchev–Trinajstić information content (AvgIpc) is 3.57. The Labute approximate surface area is 307 Å². The predicted molar refractivity (Wildman–Crippen MR) is 227 cm³/mol. The summed E-state index contributed by atoms with van der Waals surface area (Å²) in [6.45, 7) is 0. The van der Waals surface area contributed by atoms with Crippen molar-refractivity contribution < 1.29 is 0 Å². The smallest absolute Gasteiger partial charge is 0.0547 e. The van der Waals surface area contributed by atoms with E-state index in [0.29, 0.717) is 0 Å². The van der Waals surface area contributed by atoms with E-state index >= 15 is 0 Å². The summed E-state index contributed by atoms with van der Waals surface area (Å²) in [7, 11) is 0. The van der Waals surface area contributed by atoms with Crippen LogP contribution in [0.5, 0.6) is 0 Å². The van der Waals surface area contributed by atoms with E-state index in [4.69, 9.17) is 0 Å². The number of rotatable bonds is 4. The van der Waals surface area contributed by atoms with E-state index in [1.165, 1.54) is 98.3 Å². The molecule has 0 N–H and O–H groups in total. The largest absolute Gasteiger partial charge is 0.309 e. The third-order valence-corrected chi connectivity index (χ3v) is 11.1. The van der Waals surface area contributed by atoms with Crippen LogP contribution in [-0.2, 0) is 0 Å². The highest BCUT2D eigenvalue weighted by Crippen LogP contribution is 2.45. The van der Waals surface area contributed by atoms with Crippen LogP contribution in [0.3, 0.4) is 0 Å². The number of hydrogen-bond acceptors (Lipinski definition) is 0. The van der Waals surface area contributed by atoms with Crippen LogP contribution >= 0.6 is 0 Å². The molecule has 1 aromatic heterocycles. The lowest BCUT2D eigenvalue weighted by Crippen LogP contribution is -1.94. The van der Waals surface area contributed by atoms with Gasteiger partial charge in [0.1, 0.15) is 0 Å². The molecule has 0 bridgehead atoms. The summed E-state index contributed by atoms with van der Waals surface area (Å²) in [5.74, 6) is 0. The number of nitrogens with zero attached hydrogens (tertiary/aromatic N) is 1. The highest BCUT2D eigenvalue weighted by Gasteiger charge is 2.18. The van der Waals surface area contributed by atoms with Crippen LogP contribution in [0.1, 0.15) is 0 Å². The van der Waals surface area contributed by atoms with Crippen LogP contribution in [0.25, 0.3) is 104 Å². The van der Waals surface area contributed by atoms with E-state index in [-0.39, 0.29) is 0 Å². The maximum atomic E-state index is 2.43. The van der Waals surface area contributed by atoms with Gasteiger partial charge in [0.2, 0.25) is 0 Å². The molecule has 1 heteroatoms. The molecule has 0 saturated heterocycles. The van der Waals surface area contributed by atoms with Gasteiger partial charge in [-0.15, -0.1) is 0 Å². The van der Waals surface area contributed by atoms with Crippen molar-refractivity contribution in [2.45, 2.75) is 0 Å². The molecule has 53 heavy (non-hydrogen) atoms. The standard InChI is InChI=1S/C52H33N/c1-3-13-35(14-4-1)50-42-19-9-10-20-43(42)51(36-15-5-2-6-16-36)47-33-39(25-29-44(47)50)34-23-27-41(28-24-34)53-48-22-12-11-21-45(48)52-46-32-38-18-8-7-17-37(38)31-40(46)26-30-49(52)53/h1-33H. The Morgan fingerprint density at radius 1 is 0.264 bits per heavy atom. The van der Waals surface area contributed by atoms with Crippen LogP contribution in [0.15, 0.2) is 200 Å². The highest BCUT2D eigenvalue weighted by molar-refractivity contribution is 6.24. The van der Waals surface area contributed by atoms with Crippen molar-refractivity contribution in [3.8, 4) is 39.1 Å². The van der Waals surface area contributed by atoms with Crippen molar-refractivity contribution >= 4 is 64.9 Å². The molecule has 0 atom stereocenters. The molecule has 0 saturated carbocycles. The van der Waals surface area contributed by atoms with Gasteiger partial charge in [-0.25, -0.2) is 0 Å². The molecule has 0 fully saturated rings. The molecule has 0 radical (unpaired) electrons. The predicted octanol–water partition coefficient (Wildman–Crippen LogP) is 14.4. The molecule has 0 aliphatic carbocycles. The van der Waals surface area contributed by atoms with Gasteiger partial charge in [-0.3, -0.25) is 0 Å². The molecule has 0 amide bonds. The zero-order valence-electron chi connectivity index (χ0n) is 29.0. The second kappa shape index (κ2) is 11.8. The van der Waals surface area contributed by atoms with Crippen molar-refractivity contribution in [3.05, 3.63) is 200 Å². The first-order chi connectivity index (χ1) is 26.3. The van der Waals surface area contributed by atoms with Crippen LogP contribution in [0.2, 0.25) is 0 Å². The van der Waals surface area contributed by atoms with Gasteiger partial charge in [0.05, 0.1) is 11.0 Å². The fraction of sp³-hybridized carbons (Fsp3) is 0. The molecule has 0 unspecified atom stereocenters. The fourth-order valence-electron chi connectivity index (χ4n) is 8.75. The monoisotopic (exact) mass is 671 g/mol. The number of benzene rings is 10. The average molecular weight is 672 g/mol. The Kier molecular flexibility index (Phi) is 6.62. The normalized spacial score (nSPS) is 11.8. The van der Waals surface area contributed by atoms with E-state index in [1.54, 1.807) is 0 Å². The molecule has 11 rings (SSSR count). The molecule has 0 spiro atoms. The van der Waals surface area contributed by atoms with E-state index < -0.39 is 0 Å². The van der Waals surface area contributed by atoms with E-state index in [0.717, 1.165) is 5.69 Å². The maximum Gasteiger partial charge on any atom is 0.0547 e. The van der Waals surface area contributed by atoms with Gasteiger partial charge in [0.25, 0.3) is 0 Å². The molecule has 11 aromatic rings. The van der Waals surface area contributed by atoms with Crippen LogP contribution < -0.4 is 0 Å². The van der Waals surface area contributed by atoms with Crippen LogP contribution in [-0.4, -0.2) is 4.57 Å². The zero-order valence-corrected chi connectivity index (χ0v) is 29.0. The van der Waals surface area contributed by atoms with Crippen molar-refractivity contribution in [1.29, 1.82) is 0 Å². The van der Waals surface area contributed by atoms with Gasteiger partial charge in [-0.1, -0.05) is 158 Å². The van der Waals surface area contributed by atoms with Gasteiger partial charge in [0.15, 0.2) is 0 Å².